The summed E-state index contributed by atoms with van der Waals surface area (Å²) in [4.78, 5) is 23.4. The summed E-state index contributed by atoms with van der Waals surface area (Å²) in [7, 11) is 0. The van der Waals surface area contributed by atoms with E-state index >= 15 is 0 Å². The van der Waals surface area contributed by atoms with Gasteiger partial charge in [-0.1, -0.05) is 52.1 Å². The van der Waals surface area contributed by atoms with Gasteiger partial charge in [-0.25, -0.2) is 9.97 Å². The lowest BCUT2D eigenvalue weighted by Crippen LogP contribution is -2.37. The second-order valence-corrected chi connectivity index (χ2v) is 17.5. The van der Waals surface area contributed by atoms with Crippen LogP contribution in [0.4, 0.5) is 11.6 Å². The number of hydrogen-bond acceptors (Lipinski definition) is 13. The number of fused-ring (bicyclic) bond motifs is 2. The topological polar surface area (TPSA) is 150 Å². The first kappa shape index (κ1) is 46.1. The molecule has 0 bridgehead atoms. The molecular weight excluding hydrogens is 838 g/mol. The summed E-state index contributed by atoms with van der Waals surface area (Å²) in [5.41, 5.74) is 11.1. The first-order valence-electron chi connectivity index (χ1n) is 23.3. The summed E-state index contributed by atoms with van der Waals surface area (Å²) >= 11 is 6.06. The molecule has 2 fully saturated rings. The molecule has 0 amide bonds. The van der Waals surface area contributed by atoms with Gasteiger partial charge in [0.25, 0.3) is 0 Å². The lowest BCUT2D eigenvalue weighted by molar-refractivity contribution is 0.0367. The second kappa shape index (κ2) is 22.6. The molecule has 0 aromatic carbocycles. The van der Waals surface area contributed by atoms with Gasteiger partial charge in [0.1, 0.15) is 11.0 Å². The zero-order valence-corrected chi connectivity index (χ0v) is 39.1. The maximum absolute atomic E-state index is 6.06. The molecule has 2 aliphatic heterocycles. The van der Waals surface area contributed by atoms with Gasteiger partial charge in [-0.15, -0.1) is 5.10 Å². The van der Waals surface area contributed by atoms with Crippen LogP contribution in [0.15, 0.2) is 73.4 Å². The number of nitrogens with one attached hydrogen (secondary N) is 1. The molecule has 342 valence electrons. The maximum atomic E-state index is 6.06. The number of aromatic nitrogens is 10. The van der Waals surface area contributed by atoms with Crippen LogP contribution in [0.3, 0.4) is 0 Å². The Balaban J connectivity index is 0.000000184. The van der Waals surface area contributed by atoms with Crippen molar-refractivity contribution < 1.29 is 9.47 Å². The van der Waals surface area contributed by atoms with E-state index in [4.69, 9.17) is 41.2 Å². The van der Waals surface area contributed by atoms with Crippen molar-refractivity contribution in [3.63, 3.8) is 0 Å². The van der Waals surface area contributed by atoms with Crippen LogP contribution < -0.4 is 5.32 Å². The third kappa shape index (κ3) is 12.5. The highest BCUT2D eigenvalue weighted by molar-refractivity contribution is 6.29. The molecule has 9 heterocycles. The van der Waals surface area contributed by atoms with Crippen molar-refractivity contribution in [1.82, 2.24) is 59.5 Å². The van der Waals surface area contributed by atoms with E-state index in [1.54, 1.807) is 12.3 Å². The molecule has 7 aromatic rings. The fourth-order valence-corrected chi connectivity index (χ4v) is 8.44. The number of nitrogens with zero attached hydrogens (tertiary/aromatic N) is 12. The number of ether oxygens (including phenoxy) is 2. The SMILES string of the molecule is CCCc1nn(CCCN2CCOCC2)cc1-c1cnc2ccc(Cl)nc2c1.CCCc1nn(CCCN2CCOCC2)cc1-c1cnc2ccc(Nc3cc(C(C)C)cnn3)nc2c1. The van der Waals surface area contributed by atoms with E-state index in [1.807, 2.05) is 36.7 Å². The van der Waals surface area contributed by atoms with Gasteiger partial charge in [0.2, 0.25) is 0 Å². The van der Waals surface area contributed by atoms with Crippen molar-refractivity contribution >= 4 is 45.3 Å². The molecule has 0 radical (unpaired) electrons. The van der Waals surface area contributed by atoms with E-state index in [2.05, 4.69) is 96.9 Å². The third-order valence-corrected chi connectivity index (χ3v) is 12.1. The first-order chi connectivity index (χ1) is 31.8. The number of hydrogen-bond donors (Lipinski definition) is 1. The lowest BCUT2D eigenvalue weighted by atomic mass is 10.1. The normalized spacial score (nSPS) is 14.9. The molecule has 0 unspecified atom stereocenters. The minimum atomic E-state index is 0.380. The Kier molecular flexibility index (Phi) is 16.1. The zero-order chi connectivity index (χ0) is 45.0. The third-order valence-electron chi connectivity index (χ3n) is 11.8. The molecule has 2 aliphatic rings. The Morgan fingerprint density at radius 1 is 0.631 bits per heavy atom. The van der Waals surface area contributed by atoms with Crippen LogP contribution in [0.1, 0.15) is 76.2 Å². The molecule has 7 aromatic heterocycles. The van der Waals surface area contributed by atoms with Crippen LogP contribution in [0.5, 0.6) is 0 Å². The molecule has 0 spiro atoms. The predicted octanol–water partition coefficient (Wildman–Crippen LogP) is 8.65. The summed E-state index contributed by atoms with van der Waals surface area (Å²) in [6.45, 7) is 20.1. The Bertz CT molecular complexity index is 2620. The van der Waals surface area contributed by atoms with Crippen LogP contribution >= 0.6 is 11.6 Å². The van der Waals surface area contributed by atoms with Crippen LogP contribution in [-0.2, 0) is 35.4 Å². The quantitative estimate of drug-likeness (QED) is 0.0870. The van der Waals surface area contributed by atoms with Crippen LogP contribution in [0.2, 0.25) is 5.15 Å². The van der Waals surface area contributed by atoms with Crippen molar-refractivity contribution in [1.29, 1.82) is 0 Å². The van der Waals surface area contributed by atoms with Gasteiger partial charge in [-0.05, 0) is 79.6 Å². The second-order valence-electron chi connectivity index (χ2n) is 17.1. The van der Waals surface area contributed by atoms with Gasteiger partial charge in [0.05, 0.1) is 66.1 Å². The molecule has 1 N–H and O–H groups in total. The molecule has 65 heavy (non-hydrogen) atoms. The Morgan fingerprint density at radius 3 is 1.71 bits per heavy atom. The molecule has 0 atom stereocenters. The van der Waals surface area contributed by atoms with E-state index in [1.165, 1.54) is 0 Å². The van der Waals surface area contributed by atoms with E-state index in [9.17, 15) is 0 Å². The average molecular weight is 901 g/mol. The van der Waals surface area contributed by atoms with E-state index < -0.39 is 0 Å². The van der Waals surface area contributed by atoms with Gasteiger partial charge in [0, 0.05) is 99.4 Å². The summed E-state index contributed by atoms with van der Waals surface area (Å²) in [6, 6.07) is 13.8. The Morgan fingerprint density at radius 2 is 1.17 bits per heavy atom. The molecule has 2 saturated heterocycles. The highest BCUT2D eigenvalue weighted by atomic mass is 35.5. The molecule has 16 heteroatoms. The van der Waals surface area contributed by atoms with Crippen molar-refractivity contribution in [2.45, 2.75) is 85.2 Å². The minimum absolute atomic E-state index is 0.380. The predicted molar refractivity (Wildman–Crippen MR) is 258 cm³/mol. The molecule has 15 nitrogen and oxygen atoms in total. The highest BCUT2D eigenvalue weighted by Gasteiger charge is 2.16. The van der Waals surface area contributed by atoms with Crippen molar-refractivity contribution in [3.05, 3.63) is 95.6 Å². The molecule has 9 rings (SSSR count). The zero-order valence-electron chi connectivity index (χ0n) is 38.3. The number of halogens is 1. The highest BCUT2D eigenvalue weighted by Crippen LogP contribution is 2.29. The monoisotopic (exact) mass is 899 g/mol. The number of anilines is 2. The van der Waals surface area contributed by atoms with Crippen molar-refractivity contribution in [2.75, 3.05) is 71.0 Å². The standard InChI is InChI=1S/C28H36N8O.C21H26ClN5O/c1-4-6-24-23(19-36(34-24)10-5-9-35-11-13-37-14-12-35)22-15-26-25(29-17-22)7-8-27(31-26)32-28-16-21(20(2)3)18-30-33-28;1-2-4-18-17(16-13-20-19(23-14-16)5-6-21(22)24-20)15-27(25-18)8-3-7-26-9-11-28-12-10-26/h7-8,15-20H,4-6,9-14H2,1-3H3,(H,31,32,33);5-6,13-15H,2-4,7-12H2,1H3. The van der Waals surface area contributed by atoms with Gasteiger partial charge in [0.15, 0.2) is 5.82 Å². The smallest absolute Gasteiger partial charge is 0.154 e. The van der Waals surface area contributed by atoms with Crippen molar-refractivity contribution in [2.24, 2.45) is 0 Å². The van der Waals surface area contributed by atoms with Crippen LogP contribution in [0, 0.1) is 0 Å². The molecule has 0 saturated carbocycles. The number of morpholine rings is 2. The summed E-state index contributed by atoms with van der Waals surface area (Å²) in [5, 5.41) is 21.9. The van der Waals surface area contributed by atoms with Gasteiger partial charge >= 0.3 is 0 Å². The first-order valence-corrected chi connectivity index (χ1v) is 23.7. The maximum Gasteiger partial charge on any atom is 0.154 e. The van der Waals surface area contributed by atoms with Gasteiger partial charge in [-0.2, -0.15) is 15.3 Å². The average Bonchev–Trinajstić information content (AvgIpc) is 3.93. The molecular formula is C49H62ClN13O2. The number of pyridine rings is 4. The minimum Gasteiger partial charge on any atom is -0.379 e. The summed E-state index contributed by atoms with van der Waals surface area (Å²) in [6.07, 6.45) is 16.1. The van der Waals surface area contributed by atoms with E-state index in [0.29, 0.717) is 22.7 Å². The summed E-state index contributed by atoms with van der Waals surface area (Å²) < 4.78 is 15.1. The van der Waals surface area contributed by atoms with Crippen LogP contribution in [-0.4, -0.2) is 125 Å². The summed E-state index contributed by atoms with van der Waals surface area (Å²) in [5.74, 6) is 1.78. The molecule has 0 aliphatic carbocycles. The van der Waals surface area contributed by atoms with Gasteiger partial charge < -0.3 is 14.8 Å². The number of rotatable bonds is 17. The van der Waals surface area contributed by atoms with E-state index in [0.717, 1.165) is 179 Å². The van der Waals surface area contributed by atoms with E-state index in [-0.39, 0.29) is 0 Å². The number of aryl methyl sites for hydroxylation is 4. The largest absolute Gasteiger partial charge is 0.379 e. The Labute approximate surface area is 387 Å². The Hall–Kier alpha value is -5.45. The van der Waals surface area contributed by atoms with Crippen LogP contribution in [0.25, 0.3) is 44.3 Å². The lowest BCUT2D eigenvalue weighted by Gasteiger charge is -2.26. The van der Waals surface area contributed by atoms with Crippen molar-refractivity contribution in [3.8, 4) is 22.3 Å². The fraction of sp³-hybridized carbons (Fsp3) is 0.469. The van der Waals surface area contributed by atoms with Gasteiger partial charge in [-0.3, -0.25) is 29.1 Å². The fourth-order valence-electron chi connectivity index (χ4n) is 8.28.